The lowest BCUT2D eigenvalue weighted by molar-refractivity contribution is -0.275. The maximum Gasteiger partial charge on any atom is 0.435 e. The fourth-order valence-electron chi connectivity index (χ4n) is 4.42. The van der Waals surface area contributed by atoms with E-state index in [9.17, 15) is 18.0 Å². The second kappa shape index (κ2) is 9.10. The van der Waals surface area contributed by atoms with Gasteiger partial charge in [-0.25, -0.2) is 0 Å². The molecule has 1 unspecified atom stereocenters. The predicted octanol–water partition coefficient (Wildman–Crippen LogP) is 6.47. The molecule has 1 N–H and O–H groups in total. The lowest BCUT2D eigenvalue weighted by atomic mass is 9.85. The lowest BCUT2D eigenvalue weighted by Gasteiger charge is -2.40. The maximum absolute atomic E-state index is 14.4. The summed E-state index contributed by atoms with van der Waals surface area (Å²) in [6.45, 7) is 0.610. The summed E-state index contributed by atoms with van der Waals surface area (Å²) in [5, 5.41) is 7.97. The minimum atomic E-state index is -4.82. The summed E-state index contributed by atoms with van der Waals surface area (Å²) in [6.07, 6.45) is -5.42. The molecule has 0 spiro atoms. The molecule has 0 saturated carbocycles. The first-order chi connectivity index (χ1) is 17.1. The molecule has 0 bridgehead atoms. The molecule has 188 valence electrons. The Kier molecular flexibility index (Phi) is 6.35. The average molecular weight is 558 g/mol. The van der Waals surface area contributed by atoms with Crippen molar-refractivity contribution in [3.63, 3.8) is 0 Å². The van der Waals surface area contributed by atoms with Gasteiger partial charge in [0.25, 0.3) is 11.5 Å². The van der Waals surface area contributed by atoms with Crippen molar-refractivity contribution >= 4 is 57.2 Å². The highest BCUT2D eigenvalue weighted by atomic mass is 35.5. The monoisotopic (exact) mass is 556 g/mol. The molecule has 1 saturated heterocycles. The molecule has 0 radical (unpaired) electrons. The number of carbonyl (C=O) groups excluding carboxylic acids is 1. The van der Waals surface area contributed by atoms with Gasteiger partial charge >= 0.3 is 6.18 Å². The Morgan fingerprint density at radius 3 is 2.28 bits per heavy atom. The molecule has 11 heteroatoms. The van der Waals surface area contributed by atoms with Crippen molar-refractivity contribution in [3.8, 4) is 0 Å². The Labute approximate surface area is 219 Å². The van der Waals surface area contributed by atoms with Gasteiger partial charge in [0.2, 0.25) is 0 Å². The minimum absolute atomic E-state index is 0.0468. The van der Waals surface area contributed by atoms with Crippen LogP contribution in [-0.2, 0) is 15.2 Å². The van der Waals surface area contributed by atoms with E-state index in [1.54, 1.807) is 36.4 Å². The molecule has 2 aliphatic rings. The van der Waals surface area contributed by atoms with Gasteiger partial charge in [0, 0.05) is 33.2 Å². The molecular formula is C25H18Cl3F3N2O3. The quantitative estimate of drug-likeness (QED) is 0.366. The molecule has 3 aromatic carbocycles. The number of hydrogen-bond donors (Lipinski definition) is 1. The van der Waals surface area contributed by atoms with Crippen LogP contribution in [0.4, 0.5) is 13.2 Å². The number of halogens is 6. The number of ether oxygens (including phenoxy) is 1. The molecule has 36 heavy (non-hydrogen) atoms. The number of nitrogens with one attached hydrogen (secondary N) is 1. The molecule has 3 aromatic rings. The first-order valence-electron chi connectivity index (χ1n) is 10.8. The number of rotatable bonds is 5. The maximum atomic E-state index is 14.4. The van der Waals surface area contributed by atoms with E-state index in [-0.39, 0.29) is 33.1 Å². The van der Waals surface area contributed by atoms with Crippen LogP contribution < -0.4 is 5.32 Å². The van der Waals surface area contributed by atoms with Crippen LogP contribution in [0.2, 0.25) is 10.0 Å². The van der Waals surface area contributed by atoms with E-state index in [4.69, 9.17) is 44.4 Å². The zero-order chi connectivity index (χ0) is 25.7. The van der Waals surface area contributed by atoms with E-state index in [0.717, 1.165) is 0 Å². The second-order valence-corrected chi connectivity index (χ2v) is 10.00. The number of nitrogens with zero attached hydrogens (tertiary/aromatic N) is 1. The van der Waals surface area contributed by atoms with Crippen molar-refractivity contribution < 1.29 is 27.5 Å². The fraction of sp³-hybridized carbons (Fsp3) is 0.280. The van der Waals surface area contributed by atoms with Crippen molar-refractivity contribution in [2.45, 2.75) is 23.7 Å². The van der Waals surface area contributed by atoms with Crippen molar-refractivity contribution in [3.05, 3.63) is 81.3 Å². The lowest BCUT2D eigenvalue weighted by Crippen LogP contribution is -2.63. The highest BCUT2D eigenvalue weighted by molar-refractivity contribution is 6.34. The van der Waals surface area contributed by atoms with E-state index < -0.39 is 23.7 Å². The summed E-state index contributed by atoms with van der Waals surface area (Å²) in [4.78, 5) is 18.2. The third-order valence-electron chi connectivity index (χ3n) is 6.39. The number of alkyl halides is 4. The number of hydrogen-bond acceptors (Lipinski definition) is 4. The number of carbonyl (C=O) groups is 1. The molecule has 2 aliphatic heterocycles. The molecular weight excluding hydrogens is 540 g/mol. The topological polar surface area (TPSA) is 59.9 Å². The van der Waals surface area contributed by atoms with E-state index >= 15 is 0 Å². The summed E-state index contributed by atoms with van der Waals surface area (Å²) in [5.74, 6) is -0.167. The molecule has 5 rings (SSSR count). The van der Waals surface area contributed by atoms with Crippen molar-refractivity contribution in [1.82, 2.24) is 5.32 Å². The molecule has 1 fully saturated rings. The Balaban J connectivity index is 1.53. The summed E-state index contributed by atoms with van der Waals surface area (Å²) in [5.41, 5.74) is -2.80. The largest absolute Gasteiger partial charge is 0.435 e. The first-order valence-corrected chi connectivity index (χ1v) is 12.1. The Morgan fingerprint density at radius 1 is 1.03 bits per heavy atom. The van der Waals surface area contributed by atoms with E-state index in [0.29, 0.717) is 35.1 Å². The molecule has 0 aromatic heterocycles. The molecule has 0 aliphatic carbocycles. The van der Waals surface area contributed by atoms with Gasteiger partial charge in [-0.3, -0.25) is 4.79 Å². The Hall–Kier alpha value is -2.52. The fourth-order valence-corrected chi connectivity index (χ4v) is 5.17. The van der Waals surface area contributed by atoms with Crippen LogP contribution in [0.25, 0.3) is 10.8 Å². The molecule has 2 heterocycles. The summed E-state index contributed by atoms with van der Waals surface area (Å²) >= 11 is 18.0. The number of benzene rings is 3. The van der Waals surface area contributed by atoms with Crippen LogP contribution in [0, 0.1) is 0 Å². The van der Waals surface area contributed by atoms with Crippen LogP contribution in [0.3, 0.4) is 0 Å². The normalized spacial score (nSPS) is 21.0. The van der Waals surface area contributed by atoms with Gasteiger partial charge in [-0.2, -0.15) is 13.2 Å². The molecule has 1 atom stereocenters. The van der Waals surface area contributed by atoms with Gasteiger partial charge in [-0.05, 0) is 35.0 Å². The zero-order valence-corrected chi connectivity index (χ0v) is 20.7. The van der Waals surface area contributed by atoms with E-state index in [1.165, 1.54) is 18.2 Å². The van der Waals surface area contributed by atoms with Gasteiger partial charge in [0.05, 0.1) is 24.8 Å². The third-order valence-corrected chi connectivity index (χ3v) is 7.33. The molecule has 5 nitrogen and oxygen atoms in total. The summed E-state index contributed by atoms with van der Waals surface area (Å²) in [6, 6.07) is 13.7. The Bertz CT molecular complexity index is 1370. The van der Waals surface area contributed by atoms with Crippen LogP contribution in [-0.4, -0.2) is 42.4 Å². The van der Waals surface area contributed by atoms with Crippen LogP contribution in [0.1, 0.15) is 27.9 Å². The number of oxime groups is 1. The van der Waals surface area contributed by atoms with Crippen LogP contribution >= 0.6 is 34.8 Å². The van der Waals surface area contributed by atoms with Gasteiger partial charge in [-0.15, -0.1) is 11.6 Å². The zero-order valence-electron chi connectivity index (χ0n) is 18.5. The van der Waals surface area contributed by atoms with Gasteiger partial charge < -0.3 is 14.9 Å². The predicted molar refractivity (Wildman–Crippen MR) is 132 cm³/mol. The van der Waals surface area contributed by atoms with E-state index in [1.807, 2.05) is 0 Å². The van der Waals surface area contributed by atoms with Gasteiger partial charge in [0.15, 0.2) is 0 Å². The van der Waals surface area contributed by atoms with E-state index in [2.05, 4.69) is 10.5 Å². The Morgan fingerprint density at radius 2 is 1.69 bits per heavy atom. The van der Waals surface area contributed by atoms with Crippen molar-refractivity contribution in [2.75, 3.05) is 19.1 Å². The van der Waals surface area contributed by atoms with Crippen molar-refractivity contribution in [1.29, 1.82) is 0 Å². The van der Waals surface area contributed by atoms with Crippen LogP contribution in [0.5, 0.6) is 0 Å². The number of amides is 1. The summed E-state index contributed by atoms with van der Waals surface area (Å²) < 4.78 is 48.4. The highest BCUT2D eigenvalue weighted by Crippen LogP contribution is 2.50. The second-order valence-electron chi connectivity index (χ2n) is 8.86. The van der Waals surface area contributed by atoms with Gasteiger partial charge in [0.1, 0.15) is 5.54 Å². The summed E-state index contributed by atoms with van der Waals surface area (Å²) in [7, 11) is 0. The average Bonchev–Trinajstić information content (AvgIpc) is 3.27. The minimum Gasteiger partial charge on any atom is -0.376 e. The van der Waals surface area contributed by atoms with Gasteiger partial charge in [-0.1, -0.05) is 58.7 Å². The SMILES string of the molecule is O=C(NC1(CCl)COC1)c1ccc(C2=NOC(c3cc(Cl)cc(Cl)c3)(C(F)(F)F)C2)c2ccccc12. The van der Waals surface area contributed by atoms with Crippen molar-refractivity contribution in [2.24, 2.45) is 5.16 Å². The standard InChI is InChI=1S/C25H18Cl3F3N2O3/c26-11-23(12-35-13-23)32-22(34)20-6-5-19(17-3-1-2-4-18(17)20)21-10-24(36-33-21,25(29,30)31)14-7-15(27)9-16(28)8-14/h1-9H,10-13H2,(H,32,34). The smallest absolute Gasteiger partial charge is 0.376 e. The molecule has 1 amide bonds. The number of fused-ring (bicyclic) bond motifs is 1. The van der Waals surface area contributed by atoms with Crippen LogP contribution in [0.15, 0.2) is 59.8 Å². The highest BCUT2D eigenvalue weighted by Gasteiger charge is 2.62. The first kappa shape index (κ1) is 25.1. The third kappa shape index (κ3) is 4.20.